The third-order valence-corrected chi connectivity index (χ3v) is 19.7. The van der Waals surface area contributed by atoms with E-state index in [2.05, 4.69) is 68.6 Å². The van der Waals surface area contributed by atoms with Crippen molar-refractivity contribution in [2.24, 2.45) is 63.7 Å². The highest BCUT2D eigenvalue weighted by atomic mass is 19.4. The monoisotopic (exact) mass is 1280 g/mol. The molecule has 0 heterocycles. The van der Waals surface area contributed by atoms with Crippen LogP contribution in [0.4, 0.5) is 13.2 Å². The van der Waals surface area contributed by atoms with Gasteiger partial charge in [0.1, 0.15) is 42.4 Å². The van der Waals surface area contributed by atoms with E-state index in [0.717, 1.165) is 38.5 Å². The maximum atomic E-state index is 14.5. The summed E-state index contributed by atoms with van der Waals surface area (Å²) in [5.74, 6) is -7.17. The number of ether oxygens (including phenoxy) is 1. The van der Waals surface area contributed by atoms with Gasteiger partial charge in [0, 0.05) is 32.0 Å². The summed E-state index contributed by atoms with van der Waals surface area (Å²) in [7, 11) is 0. The molecule has 4 unspecified atom stereocenters. The number of aliphatic hydroxyl groups excluding tert-OH is 3. The maximum Gasteiger partial charge on any atom is 0.490 e. The number of nitrogens with one attached hydrogen (secondary N) is 11. The Kier molecular flexibility index (Phi) is 27.5. The predicted octanol–water partition coefficient (Wildman–Crippen LogP) is 1.74. The smallest absolute Gasteiger partial charge is 0.456 e. The Hall–Kier alpha value is -6.81. The molecule has 25 nitrogen and oxygen atoms in total. The first-order valence-electron chi connectivity index (χ1n) is 31.8. The lowest BCUT2D eigenvalue weighted by molar-refractivity contribution is -0.210. The standard InChI is InChI=1S/C62H100F3N13O12/c1-33(2)49(78-56(88)50(36(5)81)77-48(82)22-17-34(3)41-20-21-42-40-19-18-38-30-39(90-57(89)62(63,64)65)23-25-60(38,6)43(40)24-26-61(41,42)7)55(87)74-45(29-37-14-9-8-10-15-37)52(84)73-44(16-12-28-71-59(68)69)51(83)75-47(32-80)54(86)76-46(31-79)53(85)72-35(4)13-11-27-70-58(66)67/h8-10,14-15,33-36,38-47,49-50,79-81H,11-13,16-32H2,1-7H3,(H,72,85)(H,73,84)(H,74,87)(H,75,83)(H,76,86)(H,77,82)(H,78,88)(H4,66,67,70)(H4,68,69,71)/t34-,35-,36-,38?,39-,40?,41-,42?,43?,44+,45+,46+,47+,49+,50+,60+,61-/m1/s1. The molecular formula is C62H100F3N13O12. The summed E-state index contributed by atoms with van der Waals surface area (Å²) >= 11 is 0. The fourth-order valence-electron chi connectivity index (χ4n) is 14.9. The Morgan fingerprint density at radius 2 is 1.17 bits per heavy atom. The third-order valence-electron chi connectivity index (χ3n) is 19.7. The molecule has 90 heavy (non-hydrogen) atoms. The average Bonchev–Trinajstić information content (AvgIpc) is 1.36. The van der Waals surface area contributed by atoms with Gasteiger partial charge in [-0.1, -0.05) is 65.0 Å². The number of nitrogens with two attached hydrogens (primary N) is 2. The van der Waals surface area contributed by atoms with Gasteiger partial charge in [-0.05, 0) is 162 Å². The lowest BCUT2D eigenvalue weighted by Gasteiger charge is -2.61. The van der Waals surface area contributed by atoms with E-state index in [4.69, 9.17) is 27.0 Å². The number of amides is 7. The molecular weight excluding hydrogens is 1180 g/mol. The molecule has 4 aliphatic carbocycles. The number of esters is 1. The van der Waals surface area contributed by atoms with Gasteiger partial charge in [0.2, 0.25) is 41.4 Å². The van der Waals surface area contributed by atoms with Crippen molar-refractivity contribution in [3.8, 4) is 0 Å². The molecule has 28 heteroatoms. The summed E-state index contributed by atoms with van der Waals surface area (Å²) in [5.41, 5.74) is 11.3. The van der Waals surface area contributed by atoms with E-state index < -0.39 is 127 Å². The van der Waals surface area contributed by atoms with Crippen molar-refractivity contribution in [1.82, 2.24) is 47.9 Å². The fraction of sp³-hybridized carbons (Fsp3) is 0.742. The van der Waals surface area contributed by atoms with Crippen LogP contribution < -0.4 is 59.3 Å². The minimum atomic E-state index is -5.02. The molecule has 0 radical (unpaired) electrons. The van der Waals surface area contributed by atoms with Crippen LogP contribution in [-0.4, -0.2) is 162 Å². The van der Waals surface area contributed by atoms with Gasteiger partial charge in [-0.15, -0.1) is 0 Å². The minimum Gasteiger partial charge on any atom is -0.456 e. The van der Waals surface area contributed by atoms with Gasteiger partial charge in [-0.2, -0.15) is 13.2 Å². The summed E-state index contributed by atoms with van der Waals surface area (Å²) < 4.78 is 44.1. The molecule has 4 saturated carbocycles. The zero-order valence-corrected chi connectivity index (χ0v) is 53.1. The first-order valence-corrected chi connectivity index (χ1v) is 31.8. The lowest BCUT2D eigenvalue weighted by atomic mass is 9.44. The molecule has 1 aromatic rings. The normalized spacial score (nSPS) is 25.8. The van der Waals surface area contributed by atoms with E-state index in [1.54, 1.807) is 51.1 Å². The van der Waals surface area contributed by atoms with Gasteiger partial charge in [-0.25, -0.2) is 4.79 Å². The second-order valence-electron chi connectivity index (χ2n) is 26.4. The van der Waals surface area contributed by atoms with Crippen LogP contribution in [0.2, 0.25) is 0 Å². The van der Waals surface area contributed by atoms with Crippen molar-refractivity contribution in [3.05, 3.63) is 35.9 Å². The van der Waals surface area contributed by atoms with Crippen molar-refractivity contribution in [2.75, 3.05) is 26.3 Å². The molecule has 4 aliphatic rings. The highest BCUT2D eigenvalue weighted by molar-refractivity contribution is 5.97. The van der Waals surface area contributed by atoms with Crippen LogP contribution >= 0.6 is 0 Å². The van der Waals surface area contributed by atoms with Gasteiger partial charge in [0.05, 0.1) is 19.3 Å². The number of carbonyl (C=O) groups is 8. The second kappa shape index (κ2) is 33.5. The highest BCUT2D eigenvalue weighted by Crippen LogP contribution is 2.68. The van der Waals surface area contributed by atoms with Crippen LogP contribution in [0.5, 0.6) is 0 Å². The number of carbonyl (C=O) groups excluding carboxylic acids is 8. The molecule has 0 bridgehead atoms. The summed E-state index contributed by atoms with van der Waals surface area (Å²) in [5, 5.41) is 69.5. The average molecular weight is 1280 g/mol. The molecule has 0 aromatic heterocycles. The van der Waals surface area contributed by atoms with Crippen molar-refractivity contribution >= 4 is 59.2 Å². The highest BCUT2D eigenvalue weighted by Gasteiger charge is 2.61. The Labute approximate surface area is 525 Å². The zero-order chi connectivity index (χ0) is 66.8. The molecule has 1 aromatic carbocycles. The third kappa shape index (κ3) is 20.3. The largest absolute Gasteiger partial charge is 0.490 e. The maximum absolute atomic E-state index is 14.5. The number of guanidine groups is 2. The summed E-state index contributed by atoms with van der Waals surface area (Å²) in [6.45, 7) is 11.8. The lowest BCUT2D eigenvalue weighted by Crippen LogP contribution is -2.62. The van der Waals surface area contributed by atoms with E-state index in [-0.39, 0.29) is 66.8 Å². The van der Waals surface area contributed by atoms with Crippen LogP contribution in [-0.2, 0) is 49.5 Å². The molecule has 7 amide bonds. The molecule has 0 aliphatic heterocycles. The molecule has 506 valence electrons. The van der Waals surface area contributed by atoms with Crippen LogP contribution in [0.1, 0.15) is 150 Å². The quantitative estimate of drug-likeness (QED) is 0.0211. The van der Waals surface area contributed by atoms with Crippen molar-refractivity contribution in [2.45, 2.75) is 212 Å². The predicted molar refractivity (Wildman–Crippen MR) is 328 cm³/mol. The summed E-state index contributed by atoms with van der Waals surface area (Å²) in [6.07, 6.45) is 1.64. The van der Waals surface area contributed by atoms with Gasteiger partial charge >= 0.3 is 12.1 Å². The summed E-state index contributed by atoms with van der Waals surface area (Å²) in [6, 6.07) is -0.690. The topological polar surface area (TPSA) is 414 Å². The number of hydrogen-bond acceptors (Lipinski definition) is 14. The number of aliphatic hydroxyl groups is 3. The number of halogens is 3. The minimum absolute atomic E-state index is 0.0104. The number of hydrogen-bond donors (Lipinski definition) is 16. The molecule has 0 saturated heterocycles. The van der Waals surface area contributed by atoms with E-state index in [9.17, 15) is 66.8 Å². The van der Waals surface area contributed by atoms with Gasteiger partial charge < -0.3 is 79.4 Å². The van der Waals surface area contributed by atoms with Crippen LogP contribution in [0, 0.1) is 63.1 Å². The number of benzene rings is 1. The Balaban J connectivity index is 1.21. The van der Waals surface area contributed by atoms with Crippen LogP contribution in [0.15, 0.2) is 30.3 Å². The molecule has 17 atom stereocenters. The first kappa shape index (κ1) is 73.9. The SMILES string of the molecule is CC(C)[C@H](NC(=O)[C@@H](NC(=O)CC[C@@H](C)[C@H]1CCC2C3CCC4C[C@H](OC(=O)C(F)(F)F)CC[C@]4(C)C3CC[C@@]21C)[C@@H](C)O)C(=O)N[C@@H](Cc1ccccc1)C(=O)N[C@@H](CCCNC(=N)N)C(=O)N[C@@H](CO)C(=O)N[C@@H](CO)C(=O)N[C@H](C)CCCNC(=N)N. The number of fused-ring (bicyclic) bond motifs is 5. The zero-order valence-electron chi connectivity index (χ0n) is 53.1. The second-order valence-corrected chi connectivity index (χ2v) is 26.4. The van der Waals surface area contributed by atoms with E-state index in [0.29, 0.717) is 74.3 Å². The van der Waals surface area contributed by atoms with Gasteiger partial charge in [0.25, 0.3) is 0 Å². The van der Waals surface area contributed by atoms with Crippen LogP contribution in [0.25, 0.3) is 0 Å². The molecule has 5 rings (SSSR count). The molecule has 18 N–H and O–H groups in total. The number of rotatable bonds is 32. The Morgan fingerprint density at radius 1 is 0.633 bits per heavy atom. The Morgan fingerprint density at radius 3 is 1.74 bits per heavy atom. The number of alkyl halides is 3. The molecule has 4 fully saturated rings. The van der Waals surface area contributed by atoms with Crippen molar-refractivity contribution < 1.29 is 71.6 Å². The fourth-order valence-corrected chi connectivity index (χ4v) is 14.9. The van der Waals surface area contributed by atoms with Crippen LogP contribution in [0.3, 0.4) is 0 Å². The van der Waals surface area contributed by atoms with Gasteiger partial charge in [0.15, 0.2) is 11.9 Å². The van der Waals surface area contributed by atoms with E-state index >= 15 is 0 Å². The van der Waals surface area contributed by atoms with E-state index in [1.165, 1.54) is 6.92 Å². The van der Waals surface area contributed by atoms with Crippen molar-refractivity contribution in [1.29, 1.82) is 10.8 Å². The van der Waals surface area contributed by atoms with Crippen molar-refractivity contribution in [3.63, 3.8) is 0 Å². The summed E-state index contributed by atoms with van der Waals surface area (Å²) in [4.78, 5) is 109. The first-order chi connectivity index (χ1) is 42.3. The van der Waals surface area contributed by atoms with Gasteiger partial charge in [-0.3, -0.25) is 44.4 Å². The molecule has 0 spiro atoms. The Bertz CT molecular complexity index is 2640. The van der Waals surface area contributed by atoms with E-state index in [1.807, 2.05) is 0 Å².